The number of anilines is 1. The minimum Gasteiger partial charge on any atom is -0.390 e. The number of halogens is 3. The van der Waals surface area contributed by atoms with Crippen LogP contribution in [0.25, 0.3) is 0 Å². The van der Waals surface area contributed by atoms with Crippen LogP contribution in [0.3, 0.4) is 0 Å². The maximum absolute atomic E-state index is 14.9. The Hall–Kier alpha value is -2.92. The number of fused-ring (bicyclic) bond motifs is 1. The smallest absolute Gasteiger partial charge is 0.264 e. The first-order valence-electron chi connectivity index (χ1n) is 12.2. The van der Waals surface area contributed by atoms with E-state index in [1.165, 1.54) is 23.1 Å². The summed E-state index contributed by atoms with van der Waals surface area (Å²) in [5.74, 6) is -4.40. The molecule has 200 valence electrons. The number of benzene rings is 2. The monoisotopic (exact) mass is 537 g/mol. The molecular weight excluding hydrogens is 507 g/mol. The van der Waals surface area contributed by atoms with Crippen LogP contribution in [0, 0.1) is 5.82 Å². The first-order chi connectivity index (χ1) is 17.4. The van der Waals surface area contributed by atoms with Crippen LogP contribution in [0.15, 0.2) is 46.3 Å². The summed E-state index contributed by atoms with van der Waals surface area (Å²) in [7, 11) is -4.08. The Kier molecular flexibility index (Phi) is 7.66. The van der Waals surface area contributed by atoms with E-state index in [1.807, 2.05) is 6.07 Å². The highest BCUT2D eigenvalue weighted by Crippen LogP contribution is 2.34. The van der Waals surface area contributed by atoms with Crippen molar-refractivity contribution in [3.63, 3.8) is 0 Å². The molecule has 4 rings (SSSR count). The molecule has 2 aliphatic heterocycles. The Labute approximate surface area is 214 Å². The third kappa shape index (κ3) is 6.51. The number of sulfonamides is 1. The Morgan fingerprint density at radius 1 is 1.22 bits per heavy atom. The zero-order chi connectivity index (χ0) is 26.8. The van der Waals surface area contributed by atoms with Gasteiger partial charge in [-0.25, -0.2) is 21.6 Å². The molecule has 0 saturated carbocycles. The van der Waals surface area contributed by atoms with Crippen LogP contribution in [-0.2, 0) is 16.4 Å². The number of carbonyl (C=O) groups is 1. The predicted molar refractivity (Wildman–Crippen MR) is 135 cm³/mol. The molecule has 37 heavy (non-hydrogen) atoms. The van der Waals surface area contributed by atoms with Gasteiger partial charge in [0.1, 0.15) is 10.7 Å². The van der Waals surface area contributed by atoms with Gasteiger partial charge in [0.25, 0.3) is 15.9 Å². The van der Waals surface area contributed by atoms with E-state index >= 15 is 0 Å². The molecule has 2 aliphatic rings. The summed E-state index contributed by atoms with van der Waals surface area (Å²) in [5.41, 5.74) is -0.395. The number of aliphatic imine (C=N–C) groups is 1. The zero-order valence-corrected chi connectivity index (χ0v) is 21.3. The lowest BCUT2D eigenvalue weighted by atomic mass is 9.86. The van der Waals surface area contributed by atoms with Gasteiger partial charge in [0, 0.05) is 25.7 Å². The zero-order valence-electron chi connectivity index (χ0n) is 20.5. The van der Waals surface area contributed by atoms with E-state index in [0.717, 1.165) is 31.4 Å². The number of aliphatic hydroxyl groups is 1. The number of para-hydroxylation sites is 1. The topological polar surface area (TPSA) is 99.1 Å². The van der Waals surface area contributed by atoms with Crippen LogP contribution in [0.5, 0.6) is 0 Å². The van der Waals surface area contributed by atoms with Crippen LogP contribution in [0.1, 0.15) is 61.4 Å². The van der Waals surface area contributed by atoms with Crippen molar-refractivity contribution in [3.05, 3.63) is 53.3 Å². The van der Waals surface area contributed by atoms with Gasteiger partial charge >= 0.3 is 0 Å². The second kappa shape index (κ2) is 10.4. The Morgan fingerprint density at radius 2 is 1.95 bits per heavy atom. The Bertz CT molecular complexity index is 1300. The summed E-state index contributed by atoms with van der Waals surface area (Å²) in [5, 5.41) is 10.6. The fourth-order valence-corrected chi connectivity index (χ4v) is 5.88. The molecule has 7 nitrogen and oxygen atoms in total. The van der Waals surface area contributed by atoms with Crippen molar-refractivity contribution in [1.82, 2.24) is 4.90 Å². The molecular formula is C26H30F3N3O4S. The summed E-state index contributed by atoms with van der Waals surface area (Å²) in [6.45, 7) is 0.987. The highest BCUT2D eigenvalue weighted by molar-refractivity contribution is 7.92. The van der Waals surface area contributed by atoms with E-state index in [-0.39, 0.29) is 48.5 Å². The number of piperidine rings is 1. The molecule has 0 bridgehead atoms. The maximum atomic E-state index is 14.9. The highest BCUT2D eigenvalue weighted by atomic mass is 32.2. The molecule has 0 atom stereocenters. The summed E-state index contributed by atoms with van der Waals surface area (Å²) in [4.78, 5) is 18.6. The molecule has 0 radical (unpaired) electrons. The van der Waals surface area contributed by atoms with Gasteiger partial charge < -0.3 is 10.0 Å². The number of aryl methyl sites for hydroxylation is 1. The lowest BCUT2D eigenvalue weighted by molar-refractivity contribution is -0.0571. The lowest BCUT2D eigenvalue weighted by Gasteiger charge is -2.38. The Balaban J connectivity index is 1.45. The first kappa shape index (κ1) is 27.1. The number of nitrogens with zero attached hydrogens (tertiary/aromatic N) is 2. The van der Waals surface area contributed by atoms with Gasteiger partial charge in [0.05, 0.1) is 22.5 Å². The standard InChI is InChI=1S/C26H30F3N3O4S/c1-25(28,29)10-11-26(34)12-15-32(16-13-26)24(33)20-9-8-19(17-21(20)27)31-37(35,36)22-7-4-6-18-5-2-3-14-30-23(18)22/h4,6-9,14,17,31,34H,2-3,5,10-13,15-16H2,1H3. The number of nitrogens with one attached hydrogen (secondary N) is 1. The average Bonchev–Trinajstić information content (AvgIpc) is 3.08. The number of rotatable bonds is 7. The molecule has 1 fully saturated rings. The van der Waals surface area contributed by atoms with Crippen molar-refractivity contribution < 1.29 is 31.5 Å². The van der Waals surface area contributed by atoms with Crippen molar-refractivity contribution in [1.29, 1.82) is 0 Å². The fraction of sp³-hybridized carbons (Fsp3) is 0.462. The van der Waals surface area contributed by atoms with E-state index in [0.29, 0.717) is 12.1 Å². The van der Waals surface area contributed by atoms with E-state index in [2.05, 4.69) is 9.71 Å². The summed E-state index contributed by atoms with van der Waals surface area (Å²) in [6, 6.07) is 8.37. The SMILES string of the molecule is CC(F)(F)CCC1(O)CCN(C(=O)c2ccc(NS(=O)(=O)c3cccc4c3N=CCCC4)cc2F)CC1. The molecule has 2 N–H and O–H groups in total. The quantitative estimate of drug-likeness (QED) is 0.515. The number of hydrogen-bond donors (Lipinski definition) is 2. The normalized spacial score (nSPS) is 17.7. The van der Waals surface area contributed by atoms with Crippen LogP contribution in [0.2, 0.25) is 0 Å². The molecule has 1 amide bonds. The van der Waals surface area contributed by atoms with E-state index in [1.54, 1.807) is 12.3 Å². The van der Waals surface area contributed by atoms with Crippen LogP contribution in [-0.4, -0.2) is 55.2 Å². The number of alkyl halides is 2. The lowest BCUT2D eigenvalue weighted by Crippen LogP contribution is -2.47. The molecule has 0 spiro atoms. The summed E-state index contributed by atoms with van der Waals surface area (Å²) < 4.78 is 69.8. The van der Waals surface area contributed by atoms with Gasteiger partial charge in [-0.05, 0) is 75.3 Å². The highest BCUT2D eigenvalue weighted by Gasteiger charge is 2.37. The predicted octanol–water partition coefficient (Wildman–Crippen LogP) is 5.07. The number of likely N-dealkylation sites (tertiary alicyclic amines) is 1. The van der Waals surface area contributed by atoms with E-state index in [4.69, 9.17) is 0 Å². The molecule has 11 heteroatoms. The second-order valence-electron chi connectivity index (χ2n) is 9.85. The minimum atomic E-state index is -4.08. The van der Waals surface area contributed by atoms with Gasteiger partial charge in [-0.3, -0.25) is 14.5 Å². The van der Waals surface area contributed by atoms with Gasteiger partial charge in [-0.15, -0.1) is 0 Å². The van der Waals surface area contributed by atoms with Gasteiger partial charge in [0.2, 0.25) is 5.92 Å². The minimum absolute atomic E-state index is 0.00893. The molecule has 0 aromatic heterocycles. The van der Waals surface area contributed by atoms with Crippen molar-refractivity contribution in [2.24, 2.45) is 4.99 Å². The van der Waals surface area contributed by atoms with Crippen LogP contribution >= 0.6 is 0 Å². The van der Waals surface area contributed by atoms with Crippen molar-refractivity contribution in [3.8, 4) is 0 Å². The molecule has 2 aromatic carbocycles. The van der Waals surface area contributed by atoms with Gasteiger partial charge in [0.15, 0.2) is 0 Å². The van der Waals surface area contributed by atoms with Crippen molar-refractivity contribution in [2.75, 3.05) is 17.8 Å². The summed E-state index contributed by atoms with van der Waals surface area (Å²) in [6.07, 6.45) is 3.66. The number of carbonyl (C=O) groups excluding carboxylic acids is 1. The molecule has 1 saturated heterocycles. The maximum Gasteiger partial charge on any atom is 0.264 e. The Morgan fingerprint density at radius 3 is 2.62 bits per heavy atom. The second-order valence-corrected chi connectivity index (χ2v) is 11.5. The molecule has 0 aliphatic carbocycles. The largest absolute Gasteiger partial charge is 0.390 e. The number of amides is 1. The molecule has 0 unspecified atom stereocenters. The average molecular weight is 538 g/mol. The van der Waals surface area contributed by atoms with Gasteiger partial charge in [-0.1, -0.05) is 12.1 Å². The molecule has 2 aromatic rings. The molecule has 2 heterocycles. The fourth-order valence-electron chi connectivity index (χ4n) is 4.63. The third-order valence-electron chi connectivity index (χ3n) is 6.83. The van der Waals surface area contributed by atoms with E-state index < -0.39 is 39.7 Å². The summed E-state index contributed by atoms with van der Waals surface area (Å²) >= 11 is 0. The first-order valence-corrected chi connectivity index (χ1v) is 13.7. The van der Waals surface area contributed by atoms with Crippen molar-refractivity contribution in [2.45, 2.75) is 68.3 Å². The number of hydrogen-bond acceptors (Lipinski definition) is 5. The van der Waals surface area contributed by atoms with Crippen molar-refractivity contribution >= 4 is 33.5 Å². The third-order valence-corrected chi connectivity index (χ3v) is 8.25. The van der Waals surface area contributed by atoms with Crippen LogP contribution in [0.4, 0.5) is 24.5 Å². The van der Waals surface area contributed by atoms with Crippen LogP contribution < -0.4 is 4.72 Å². The van der Waals surface area contributed by atoms with E-state index in [9.17, 15) is 31.5 Å². The van der Waals surface area contributed by atoms with Gasteiger partial charge in [-0.2, -0.15) is 0 Å².